The van der Waals surface area contributed by atoms with Gasteiger partial charge in [0.05, 0.1) is 5.54 Å². The van der Waals surface area contributed by atoms with Gasteiger partial charge in [-0.3, -0.25) is 0 Å². The molecule has 0 aliphatic rings. The quantitative estimate of drug-likeness (QED) is 0.862. The van der Waals surface area contributed by atoms with Gasteiger partial charge in [0.15, 0.2) is 0 Å². The molecule has 1 aromatic heterocycles. The standard InChI is InChI=1S/C8H12BrNOS/c1-8(10,3-4-11)7-6(9)2-5-12-7/h2,5,11H,3-4,10H2,1H3. The van der Waals surface area contributed by atoms with E-state index < -0.39 is 5.54 Å². The SMILES string of the molecule is CC(N)(CCO)c1sccc1Br. The van der Waals surface area contributed by atoms with Gasteiger partial charge in [-0.2, -0.15) is 0 Å². The van der Waals surface area contributed by atoms with Gasteiger partial charge in [0.25, 0.3) is 0 Å². The summed E-state index contributed by atoms with van der Waals surface area (Å²) in [5, 5.41) is 10.8. The molecule has 0 saturated heterocycles. The highest BCUT2D eigenvalue weighted by molar-refractivity contribution is 9.10. The maximum absolute atomic E-state index is 8.80. The van der Waals surface area contributed by atoms with E-state index in [1.165, 1.54) is 0 Å². The first-order valence-corrected chi connectivity index (χ1v) is 5.38. The summed E-state index contributed by atoms with van der Waals surface area (Å²) in [5.74, 6) is 0. The Morgan fingerprint density at radius 3 is 2.83 bits per heavy atom. The number of hydrogen-bond donors (Lipinski definition) is 2. The third-order valence-corrected chi connectivity index (χ3v) is 3.88. The molecule has 0 spiro atoms. The number of halogens is 1. The van der Waals surface area contributed by atoms with Crippen molar-refractivity contribution in [2.24, 2.45) is 5.73 Å². The highest BCUT2D eigenvalue weighted by Crippen LogP contribution is 2.33. The van der Waals surface area contributed by atoms with Crippen LogP contribution >= 0.6 is 27.3 Å². The number of aliphatic hydroxyl groups excluding tert-OH is 1. The second-order valence-electron chi connectivity index (χ2n) is 2.99. The fraction of sp³-hybridized carbons (Fsp3) is 0.500. The first-order chi connectivity index (χ1) is 5.58. The zero-order valence-electron chi connectivity index (χ0n) is 6.88. The van der Waals surface area contributed by atoms with Gasteiger partial charge in [-0.15, -0.1) is 11.3 Å². The highest BCUT2D eigenvalue weighted by Gasteiger charge is 2.23. The van der Waals surface area contributed by atoms with E-state index in [1.807, 2.05) is 18.4 Å². The van der Waals surface area contributed by atoms with Crippen molar-refractivity contribution in [2.45, 2.75) is 18.9 Å². The molecule has 1 rings (SSSR count). The molecule has 0 saturated carbocycles. The van der Waals surface area contributed by atoms with Crippen LogP contribution in [0.4, 0.5) is 0 Å². The minimum Gasteiger partial charge on any atom is -0.396 e. The summed E-state index contributed by atoms with van der Waals surface area (Å²) in [6.45, 7) is 2.05. The molecule has 4 heteroatoms. The lowest BCUT2D eigenvalue weighted by atomic mass is 9.98. The lowest BCUT2D eigenvalue weighted by molar-refractivity contribution is 0.248. The van der Waals surface area contributed by atoms with Crippen molar-refractivity contribution in [3.05, 3.63) is 20.8 Å². The summed E-state index contributed by atoms with van der Waals surface area (Å²) in [7, 11) is 0. The average molecular weight is 250 g/mol. The van der Waals surface area contributed by atoms with Crippen LogP contribution < -0.4 is 5.73 Å². The van der Waals surface area contributed by atoms with Gasteiger partial charge in [0.1, 0.15) is 0 Å². The summed E-state index contributed by atoms with van der Waals surface area (Å²) >= 11 is 5.03. The van der Waals surface area contributed by atoms with Crippen LogP contribution in [0.3, 0.4) is 0 Å². The predicted molar refractivity (Wildman–Crippen MR) is 55.3 cm³/mol. The van der Waals surface area contributed by atoms with Crippen molar-refractivity contribution >= 4 is 27.3 Å². The normalized spacial score (nSPS) is 16.0. The smallest absolute Gasteiger partial charge is 0.0508 e. The number of nitrogens with two attached hydrogens (primary N) is 1. The fourth-order valence-electron chi connectivity index (χ4n) is 1.05. The molecule has 2 nitrogen and oxygen atoms in total. The van der Waals surface area contributed by atoms with E-state index >= 15 is 0 Å². The largest absolute Gasteiger partial charge is 0.396 e. The minimum absolute atomic E-state index is 0.122. The molecule has 0 fully saturated rings. The maximum Gasteiger partial charge on any atom is 0.0508 e. The van der Waals surface area contributed by atoms with E-state index in [0.29, 0.717) is 6.42 Å². The summed E-state index contributed by atoms with van der Waals surface area (Å²) in [6, 6.07) is 1.97. The molecule has 0 amide bonds. The molecular formula is C8H12BrNOS. The van der Waals surface area contributed by atoms with Gasteiger partial charge in [0, 0.05) is 16.0 Å². The molecule has 0 aliphatic heterocycles. The van der Waals surface area contributed by atoms with E-state index in [0.717, 1.165) is 9.35 Å². The summed E-state index contributed by atoms with van der Waals surface area (Å²) in [5.41, 5.74) is 5.60. The predicted octanol–water partition coefficient (Wildman–Crippen LogP) is 2.07. The molecule has 12 heavy (non-hydrogen) atoms. The van der Waals surface area contributed by atoms with Gasteiger partial charge < -0.3 is 10.8 Å². The molecule has 0 aliphatic carbocycles. The second-order valence-corrected chi connectivity index (χ2v) is 4.76. The van der Waals surface area contributed by atoms with Crippen LogP contribution in [0.1, 0.15) is 18.2 Å². The molecule has 0 radical (unpaired) electrons. The van der Waals surface area contributed by atoms with Gasteiger partial charge >= 0.3 is 0 Å². The summed E-state index contributed by atoms with van der Waals surface area (Å²) in [6.07, 6.45) is 0.589. The third kappa shape index (κ3) is 2.07. The Balaban J connectivity index is 2.88. The van der Waals surface area contributed by atoms with Crippen LogP contribution in [0.2, 0.25) is 0 Å². The van der Waals surface area contributed by atoms with Crippen LogP contribution in [0.15, 0.2) is 15.9 Å². The van der Waals surface area contributed by atoms with Gasteiger partial charge in [-0.05, 0) is 40.7 Å². The van der Waals surface area contributed by atoms with Crippen LogP contribution in [-0.4, -0.2) is 11.7 Å². The lowest BCUT2D eigenvalue weighted by Gasteiger charge is -2.22. The minimum atomic E-state index is -0.415. The van der Waals surface area contributed by atoms with Crippen molar-refractivity contribution in [1.29, 1.82) is 0 Å². The second kappa shape index (κ2) is 3.87. The number of aliphatic hydroxyl groups is 1. The molecule has 1 aromatic rings. The van der Waals surface area contributed by atoms with Crippen LogP contribution in [0.5, 0.6) is 0 Å². The zero-order valence-corrected chi connectivity index (χ0v) is 9.28. The Hall–Kier alpha value is 0.100. The number of rotatable bonds is 3. The molecule has 0 bridgehead atoms. The monoisotopic (exact) mass is 249 g/mol. The maximum atomic E-state index is 8.80. The topological polar surface area (TPSA) is 46.2 Å². The van der Waals surface area contributed by atoms with Crippen molar-refractivity contribution in [3.8, 4) is 0 Å². The zero-order chi connectivity index (χ0) is 9.19. The van der Waals surface area contributed by atoms with Crippen molar-refractivity contribution in [1.82, 2.24) is 0 Å². The fourth-order valence-corrected chi connectivity index (χ4v) is 2.98. The number of hydrogen-bond acceptors (Lipinski definition) is 3. The first kappa shape index (κ1) is 10.2. The molecule has 1 heterocycles. The lowest BCUT2D eigenvalue weighted by Crippen LogP contribution is -2.33. The van der Waals surface area contributed by atoms with E-state index in [9.17, 15) is 0 Å². The Bertz CT molecular complexity index is 259. The Labute approximate surface area is 84.5 Å². The Morgan fingerprint density at radius 1 is 1.75 bits per heavy atom. The van der Waals surface area contributed by atoms with E-state index in [-0.39, 0.29) is 6.61 Å². The average Bonchev–Trinajstić information content (AvgIpc) is 2.35. The van der Waals surface area contributed by atoms with Crippen LogP contribution in [0.25, 0.3) is 0 Å². The van der Waals surface area contributed by atoms with E-state index in [4.69, 9.17) is 10.8 Å². The molecule has 1 unspecified atom stereocenters. The van der Waals surface area contributed by atoms with E-state index in [1.54, 1.807) is 11.3 Å². The summed E-state index contributed by atoms with van der Waals surface area (Å²) in [4.78, 5) is 1.09. The molecule has 1 atom stereocenters. The molecule has 0 aromatic carbocycles. The first-order valence-electron chi connectivity index (χ1n) is 3.71. The molecular weight excluding hydrogens is 238 g/mol. The van der Waals surface area contributed by atoms with Crippen molar-refractivity contribution in [2.75, 3.05) is 6.61 Å². The van der Waals surface area contributed by atoms with Crippen molar-refractivity contribution in [3.63, 3.8) is 0 Å². The Morgan fingerprint density at radius 2 is 2.42 bits per heavy atom. The van der Waals surface area contributed by atoms with Crippen LogP contribution in [0, 0.1) is 0 Å². The number of thiophene rings is 1. The van der Waals surface area contributed by atoms with Crippen LogP contribution in [-0.2, 0) is 5.54 Å². The van der Waals surface area contributed by atoms with Gasteiger partial charge in [-0.25, -0.2) is 0 Å². The van der Waals surface area contributed by atoms with Gasteiger partial charge in [0.2, 0.25) is 0 Å². The van der Waals surface area contributed by atoms with E-state index in [2.05, 4.69) is 15.9 Å². The third-order valence-electron chi connectivity index (χ3n) is 1.77. The van der Waals surface area contributed by atoms with Gasteiger partial charge in [-0.1, -0.05) is 0 Å². The Kier molecular flexibility index (Phi) is 3.29. The molecule has 3 N–H and O–H groups in total. The highest BCUT2D eigenvalue weighted by atomic mass is 79.9. The summed E-state index contributed by atoms with van der Waals surface area (Å²) < 4.78 is 1.03. The molecule has 68 valence electrons. The van der Waals surface area contributed by atoms with Crippen molar-refractivity contribution < 1.29 is 5.11 Å².